The standard InChI is InChI=1S/C32H36N2O8/c1-19-25(29(35)36)15-20(41-19)16-34(28-13-14-39-18-27(28)33-30(37)42-32(2,3)4)31(38)40-17-26-23-11-7-5-9-21(23)22-10-6-8-12-24(22)26/h5-12,15,26-28H,13-14,16-18H2,1-4H3,(H,33,37)(H,35,36)/t27-,28+/m0/s1. The number of aromatic carboxylic acids is 1. The quantitative estimate of drug-likeness (QED) is 0.366. The third kappa shape index (κ3) is 6.28. The first-order valence-corrected chi connectivity index (χ1v) is 14.0. The average molecular weight is 577 g/mol. The van der Waals surface area contributed by atoms with Crippen molar-refractivity contribution >= 4 is 18.2 Å². The van der Waals surface area contributed by atoms with Crippen LogP contribution in [0.15, 0.2) is 59.0 Å². The second kappa shape index (κ2) is 11.9. The van der Waals surface area contributed by atoms with Crippen molar-refractivity contribution in [2.45, 2.75) is 64.3 Å². The molecule has 0 unspecified atom stereocenters. The van der Waals surface area contributed by atoms with E-state index in [-0.39, 0.29) is 37.0 Å². The molecule has 10 heteroatoms. The molecular weight excluding hydrogens is 540 g/mol. The van der Waals surface area contributed by atoms with Gasteiger partial charge in [0.05, 0.1) is 25.2 Å². The van der Waals surface area contributed by atoms with Gasteiger partial charge >= 0.3 is 18.2 Å². The van der Waals surface area contributed by atoms with Crippen LogP contribution in [0.1, 0.15) is 66.1 Å². The number of rotatable bonds is 7. The number of fused-ring (bicyclic) bond motifs is 3. The number of aryl methyl sites for hydroxylation is 1. The van der Waals surface area contributed by atoms with Crippen molar-refractivity contribution in [1.82, 2.24) is 10.2 Å². The van der Waals surface area contributed by atoms with Gasteiger partial charge in [-0.2, -0.15) is 0 Å². The van der Waals surface area contributed by atoms with E-state index in [9.17, 15) is 19.5 Å². The largest absolute Gasteiger partial charge is 0.478 e. The van der Waals surface area contributed by atoms with Gasteiger partial charge in [-0.25, -0.2) is 14.4 Å². The van der Waals surface area contributed by atoms with Crippen LogP contribution in [0.25, 0.3) is 11.1 Å². The molecule has 1 fully saturated rings. The van der Waals surface area contributed by atoms with E-state index >= 15 is 0 Å². The molecule has 2 N–H and O–H groups in total. The molecule has 1 aliphatic carbocycles. The smallest absolute Gasteiger partial charge is 0.410 e. The number of hydrogen-bond donors (Lipinski definition) is 2. The van der Waals surface area contributed by atoms with E-state index in [4.69, 9.17) is 18.6 Å². The lowest BCUT2D eigenvalue weighted by atomic mass is 9.98. The van der Waals surface area contributed by atoms with Crippen molar-refractivity contribution in [2.24, 2.45) is 0 Å². The third-order valence-corrected chi connectivity index (χ3v) is 7.52. The molecule has 222 valence electrons. The van der Waals surface area contributed by atoms with Crippen LogP contribution in [0.2, 0.25) is 0 Å². The van der Waals surface area contributed by atoms with Gasteiger partial charge in [0, 0.05) is 12.5 Å². The number of carbonyl (C=O) groups excluding carboxylic acids is 2. The number of alkyl carbamates (subject to hydrolysis) is 1. The molecule has 3 aromatic rings. The Morgan fingerprint density at radius 1 is 1.05 bits per heavy atom. The van der Waals surface area contributed by atoms with Crippen molar-refractivity contribution in [3.63, 3.8) is 0 Å². The van der Waals surface area contributed by atoms with Crippen LogP contribution in [-0.2, 0) is 20.8 Å². The molecule has 2 aromatic carbocycles. The molecule has 5 rings (SSSR count). The number of ether oxygens (including phenoxy) is 3. The number of furan rings is 1. The number of amides is 2. The Bertz CT molecular complexity index is 1430. The first-order valence-electron chi connectivity index (χ1n) is 14.0. The zero-order valence-electron chi connectivity index (χ0n) is 24.2. The van der Waals surface area contributed by atoms with E-state index < -0.39 is 35.8 Å². The van der Waals surface area contributed by atoms with E-state index in [1.807, 2.05) is 36.4 Å². The summed E-state index contributed by atoms with van der Waals surface area (Å²) >= 11 is 0. The Labute approximate surface area is 244 Å². The summed E-state index contributed by atoms with van der Waals surface area (Å²) in [7, 11) is 0. The molecule has 1 saturated heterocycles. The monoisotopic (exact) mass is 576 g/mol. The van der Waals surface area contributed by atoms with E-state index in [2.05, 4.69) is 17.4 Å². The molecule has 2 atom stereocenters. The van der Waals surface area contributed by atoms with E-state index in [1.54, 1.807) is 27.7 Å². The van der Waals surface area contributed by atoms with Crippen LogP contribution in [0.4, 0.5) is 9.59 Å². The predicted octanol–water partition coefficient (Wildman–Crippen LogP) is 5.72. The molecule has 0 bridgehead atoms. The van der Waals surface area contributed by atoms with E-state index in [0.29, 0.717) is 18.8 Å². The number of nitrogens with zero attached hydrogens (tertiary/aromatic N) is 1. The maximum Gasteiger partial charge on any atom is 0.410 e. The minimum Gasteiger partial charge on any atom is -0.478 e. The summed E-state index contributed by atoms with van der Waals surface area (Å²) in [6, 6.07) is 16.4. The highest BCUT2D eigenvalue weighted by molar-refractivity contribution is 5.88. The fourth-order valence-electron chi connectivity index (χ4n) is 5.69. The second-order valence-electron chi connectivity index (χ2n) is 11.6. The first-order chi connectivity index (χ1) is 20.0. The zero-order chi connectivity index (χ0) is 30.0. The van der Waals surface area contributed by atoms with Crippen LogP contribution in [0.5, 0.6) is 0 Å². The van der Waals surface area contributed by atoms with Gasteiger partial charge in [-0.05, 0) is 62.4 Å². The molecule has 2 aliphatic rings. The number of hydrogen-bond acceptors (Lipinski definition) is 7. The summed E-state index contributed by atoms with van der Waals surface area (Å²) in [5, 5.41) is 12.4. The summed E-state index contributed by atoms with van der Waals surface area (Å²) in [6.45, 7) is 7.44. The molecule has 0 saturated carbocycles. The normalized spacial score (nSPS) is 18.1. The number of carbonyl (C=O) groups is 3. The van der Waals surface area contributed by atoms with Gasteiger partial charge in [0.2, 0.25) is 0 Å². The molecule has 1 aliphatic heterocycles. The number of nitrogens with one attached hydrogen (secondary N) is 1. The summed E-state index contributed by atoms with van der Waals surface area (Å²) in [5.41, 5.74) is 3.71. The Morgan fingerprint density at radius 3 is 2.29 bits per heavy atom. The fourth-order valence-corrected chi connectivity index (χ4v) is 5.69. The summed E-state index contributed by atoms with van der Waals surface area (Å²) in [5.74, 6) is -0.731. The van der Waals surface area contributed by atoms with Crippen LogP contribution >= 0.6 is 0 Å². The minimum atomic E-state index is -1.12. The maximum absolute atomic E-state index is 13.9. The zero-order valence-corrected chi connectivity index (χ0v) is 24.2. The van der Waals surface area contributed by atoms with Crippen LogP contribution in [0.3, 0.4) is 0 Å². The molecule has 10 nitrogen and oxygen atoms in total. The minimum absolute atomic E-state index is 0.0212. The lowest BCUT2D eigenvalue weighted by Crippen LogP contribution is -2.58. The van der Waals surface area contributed by atoms with Crippen molar-refractivity contribution in [2.75, 3.05) is 19.8 Å². The number of carboxylic acids is 1. The van der Waals surface area contributed by atoms with Crippen molar-refractivity contribution in [1.29, 1.82) is 0 Å². The average Bonchev–Trinajstić information content (AvgIpc) is 3.47. The van der Waals surface area contributed by atoms with Crippen LogP contribution in [0, 0.1) is 6.92 Å². The molecule has 2 amide bonds. The third-order valence-electron chi connectivity index (χ3n) is 7.52. The van der Waals surface area contributed by atoms with Gasteiger partial charge < -0.3 is 29.1 Å². The van der Waals surface area contributed by atoms with E-state index in [0.717, 1.165) is 22.3 Å². The highest BCUT2D eigenvalue weighted by Gasteiger charge is 2.38. The van der Waals surface area contributed by atoms with E-state index in [1.165, 1.54) is 11.0 Å². The molecule has 42 heavy (non-hydrogen) atoms. The molecule has 1 aromatic heterocycles. The highest BCUT2D eigenvalue weighted by atomic mass is 16.6. The number of benzene rings is 2. The number of carboxylic acid groups (broad SMARTS) is 1. The van der Waals surface area contributed by atoms with Gasteiger partial charge in [0.25, 0.3) is 0 Å². The van der Waals surface area contributed by atoms with Crippen LogP contribution < -0.4 is 5.32 Å². The highest BCUT2D eigenvalue weighted by Crippen LogP contribution is 2.44. The van der Waals surface area contributed by atoms with Gasteiger partial charge in [-0.15, -0.1) is 0 Å². The Balaban J connectivity index is 1.40. The first kappa shape index (κ1) is 29.2. The fraction of sp³-hybridized carbons (Fsp3) is 0.406. The van der Waals surface area contributed by atoms with Gasteiger partial charge in [0.15, 0.2) is 0 Å². The maximum atomic E-state index is 13.9. The SMILES string of the molecule is Cc1oc(CN(C(=O)OCC2c3ccccc3-c3ccccc32)[C@@H]2CCOC[C@@H]2NC(=O)OC(C)(C)C)cc1C(=O)O. The summed E-state index contributed by atoms with van der Waals surface area (Å²) < 4.78 is 22.8. The lowest BCUT2D eigenvalue weighted by Gasteiger charge is -2.39. The molecule has 0 radical (unpaired) electrons. The van der Waals surface area contributed by atoms with Crippen LogP contribution in [-0.4, -0.2) is 65.7 Å². The lowest BCUT2D eigenvalue weighted by molar-refractivity contribution is -0.00847. The Hall–Kier alpha value is -4.31. The molecule has 0 spiro atoms. The van der Waals surface area contributed by atoms with Crippen molar-refractivity contribution in [3.05, 3.63) is 82.8 Å². The Morgan fingerprint density at radius 2 is 1.69 bits per heavy atom. The molecule has 2 heterocycles. The van der Waals surface area contributed by atoms with Gasteiger partial charge in [-0.1, -0.05) is 48.5 Å². The van der Waals surface area contributed by atoms with Gasteiger partial charge in [-0.3, -0.25) is 4.90 Å². The Kier molecular flexibility index (Phi) is 8.27. The van der Waals surface area contributed by atoms with Gasteiger partial charge in [0.1, 0.15) is 29.3 Å². The summed E-state index contributed by atoms with van der Waals surface area (Å²) in [4.78, 5) is 39.7. The summed E-state index contributed by atoms with van der Waals surface area (Å²) in [6.07, 6.45) is -0.820. The van der Waals surface area contributed by atoms with Crippen molar-refractivity contribution in [3.8, 4) is 11.1 Å². The molecular formula is C32H36N2O8. The predicted molar refractivity (Wildman–Crippen MR) is 153 cm³/mol. The second-order valence-corrected chi connectivity index (χ2v) is 11.6. The topological polar surface area (TPSA) is 128 Å². The van der Waals surface area contributed by atoms with Crippen molar-refractivity contribution < 1.29 is 38.1 Å².